The Morgan fingerprint density at radius 1 is 1.31 bits per heavy atom. The molecule has 96 valence electrons. The molecule has 16 heavy (non-hydrogen) atoms. The molecule has 3 heteroatoms. The average molecular weight is 229 g/mol. The molecule has 3 atom stereocenters. The lowest BCUT2D eigenvalue weighted by molar-refractivity contribution is -0.0761. The van der Waals surface area contributed by atoms with Gasteiger partial charge in [-0.25, -0.2) is 0 Å². The summed E-state index contributed by atoms with van der Waals surface area (Å²) in [7, 11) is 0. The monoisotopic (exact) mass is 229 g/mol. The number of hydrogen-bond acceptors (Lipinski definition) is 3. The third-order valence-corrected chi connectivity index (χ3v) is 4.38. The first-order valence-electron chi connectivity index (χ1n) is 6.52. The zero-order valence-corrected chi connectivity index (χ0v) is 11.0. The Hall–Kier alpha value is -0.120. The Labute approximate surface area is 99.3 Å². The minimum Gasteiger partial charge on any atom is -0.392 e. The summed E-state index contributed by atoms with van der Waals surface area (Å²) in [5.74, 6) is 0.389. The number of hydrogen-bond donors (Lipinski definition) is 3. The molecule has 0 aromatic rings. The molecule has 3 nitrogen and oxygen atoms in total. The second-order valence-corrected chi connectivity index (χ2v) is 5.68. The highest BCUT2D eigenvalue weighted by atomic mass is 16.3. The maximum Gasteiger partial charge on any atom is 0.0692 e. The van der Waals surface area contributed by atoms with Gasteiger partial charge in [-0.3, -0.25) is 0 Å². The van der Waals surface area contributed by atoms with Crippen LogP contribution in [-0.4, -0.2) is 35.0 Å². The molecule has 0 heterocycles. The van der Waals surface area contributed by atoms with Crippen molar-refractivity contribution in [3.63, 3.8) is 0 Å². The SMILES string of the molecule is CCC(CC)C(O)CNC1CC(O)C1(C)C. The van der Waals surface area contributed by atoms with E-state index >= 15 is 0 Å². The first kappa shape index (κ1) is 13.9. The molecule has 1 saturated carbocycles. The van der Waals surface area contributed by atoms with Gasteiger partial charge in [0.05, 0.1) is 12.2 Å². The molecule has 0 spiro atoms. The first-order valence-corrected chi connectivity index (χ1v) is 6.52. The van der Waals surface area contributed by atoms with Crippen molar-refractivity contribution in [1.82, 2.24) is 5.32 Å². The minimum atomic E-state index is -0.261. The molecule has 0 aromatic heterocycles. The fraction of sp³-hybridized carbons (Fsp3) is 1.00. The highest BCUT2D eigenvalue weighted by Gasteiger charge is 2.46. The second-order valence-electron chi connectivity index (χ2n) is 5.68. The van der Waals surface area contributed by atoms with Gasteiger partial charge < -0.3 is 15.5 Å². The van der Waals surface area contributed by atoms with Crippen molar-refractivity contribution in [3.8, 4) is 0 Å². The van der Waals surface area contributed by atoms with Gasteiger partial charge in [-0.1, -0.05) is 40.5 Å². The zero-order chi connectivity index (χ0) is 12.3. The molecule has 0 radical (unpaired) electrons. The van der Waals surface area contributed by atoms with Crippen molar-refractivity contribution in [2.45, 2.75) is 65.2 Å². The lowest BCUT2D eigenvalue weighted by atomic mass is 9.64. The van der Waals surface area contributed by atoms with E-state index in [0.29, 0.717) is 18.5 Å². The molecule has 0 amide bonds. The maximum atomic E-state index is 9.99. The van der Waals surface area contributed by atoms with Gasteiger partial charge in [0.2, 0.25) is 0 Å². The van der Waals surface area contributed by atoms with Gasteiger partial charge in [0.15, 0.2) is 0 Å². The Kier molecular flexibility index (Phi) is 4.77. The molecule has 0 aromatic carbocycles. The van der Waals surface area contributed by atoms with Crippen molar-refractivity contribution < 1.29 is 10.2 Å². The van der Waals surface area contributed by atoms with E-state index in [1.54, 1.807) is 0 Å². The Morgan fingerprint density at radius 2 is 1.88 bits per heavy atom. The largest absolute Gasteiger partial charge is 0.392 e. The van der Waals surface area contributed by atoms with E-state index in [2.05, 4.69) is 33.0 Å². The van der Waals surface area contributed by atoms with E-state index < -0.39 is 0 Å². The summed E-state index contributed by atoms with van der Waals surface area (Å²) < 4.78 is 0. The van der Waals surface area contributed by atoms with Gasteiger partial charge in [-0.15, -0.1) is 0 Å². The van der Waals surface area contributed by atoms with Crippen molar-refractivity contribution in [2.24, 2.45) is 11.3 Å². The van der Waals surface area contributed by atoms with Gasteiger partial charge in [0.25, 0.3) is 0 Å². The van der Waals surface area contributed by atoms with Crippen molar-refractivity contribution >= 4 is 0 Å². The van der Waals surface area contributed by atoms with Crippen molar-refractivity contribution in [2.75, 3.05) is 6.54 Å². The van der Waals surface area contributed by atoms with Gasteiger partial charge in [0.1, 0.15) is 0 Å². The van der Waals surface area contributed by atoms with Crippen LogP contribution in [0.2, 0.25) is 0 Å². The van der Waals surface area contributed by atoms with E-state index in [0.717, 1.165) is 19.3 Å². The van der Waals surface area contributed by atoms with Crippen LogP contribution in [0.5, 0.6) is 0 Å². The molecule has 1 aliphatic carbocycles. The van der Waals surface area contributed by atoms with E-state index in [-0.39, 0.29) is 17.6 Å². The fourth-order valence-corrected chi connectivity index (χ4v) is 2.51. The third-order valence-electron chi connectivity index (χ3n) is 4.38. The normalized spacial score (nSPS) is 30.2. The molecule has 3 unspecified atom stereocenters. The summed E-state index contributed by atoms with van der Waals surface area (Å²) in [5, 5.41) is 23.0. The summed E-state index contributed by atoms with van der Waals surface area (Å²) in [6, 6.07) is 0.339. The molecule has 0 aliphatic heterocycles. The van der Waals surface area contributed by atoms with Crippen LogP contribution in [0.3, 0.4) is 0 Å². The Bertz CT molecular complexity index is 214. The fourth-order valence-electron chi connectivity index (χ4n) is 2.51. The number of aliphatic hydroxyl groups excluding tert-OH is 2. The van der Waals surface area contributed by atoms with Crippen molar-refractivity contribution in [3.05, 3.63) is 0 Å². The summed E-state index contributed by atoms with van der Waals surface area (Å²) in [6.45, 7) is 9.03. The van der Waals surface area contributed by atoms with Crippen LogP contribution < -0.4 is 5.32 Å². The van der Waals surface area contributed by atoms with Gasteiger partial charge in [-0.05, 0) is 12.3 Å². The zero-order valence-electron chi connectivity index (χ0n) is 11.0. The topological polar surface area (TPSA) is 52.5 Å². The van der Waals surface area contributed by atoms with Crippen LogP contribution in [0.15, 0.2) is 0 Å². The van der Waals surface area contributed by atoms with E-state index in [1.807, 2.05) is 0 Å². The number of rotatable bonds is 6. The molecule has 0 bridgehead atoms. The van der Waals surface area contributed by atoms with Gasteiger partial charge >= 0.3 is 0 Å². The smallest absolute Gasteiger partial charge is 0.0692 e. The van der Waals surface area contributed by atoms with Crippen LogP contribution in [0.1, 0.15) is 47.0 Å². The Balaban J connectivity index is 2.30. The maximum absolute atomic E-state index is 9.99. The molecule has 1 rings (SSSR count). The van der Waals surface area contributed by atoms with Crippen LogP contribution in [0.25, 0.3) is 0 Å². The van der Waals surface area contributed by atoms with E-state index in [1.165, 1.54) is 0 Å². The Morgan fingerprint density at radius 3 is 2.25 bits per heavy atom. The van der Waals surface area contributed by atoms with Gasteiger partial charge in [0, 0.05) is 18.0 Å². The lowest BCUT2D eigenvalue weighted by Gasteiger charge is -2.50. The summed E-state index contributed by atoms with van der Waals surface area (Å²) in [4.78, 5) is 0. The highest BCUT2D eigenvalue weighted by molar-refractivity contribution is 5.01. The molecular weight excluding hydrogens is 202 g/mol. The van der Waals surface area contributed by atoms with Gasteiger partial charge in [-0.2, -0.15) is 0 Å². The molecule has 3 N–H and O–H groups in total. The predicted molar refractivity (Wildman–Crippen MR) is 66.3 cm³/mol. The summed E-state index contributed by atoms with van der Waals surface area (Å²) >= 11 is 0. The molecule has 0 saturated heterocycles. The number of aliphatic hydroxyl groups is 2. The van der Waals surface area contributed by atoms with Crippen LogP contribution in [0, 0.1) is 11.3 Å². The quantitative estimate of drug-likeness (QED) is 0.647. The summed E-state index contributed by atoms with van der Waals surface area (Å²) in [5.41, 5.74) is -0.0480. The lowest BCUT2D eigenvalue weighted by Crippen LogP contribution is -2.61. The highest BCUT2D eigenvalue weighted by Crippen LogP contribution is 2.40. The van der Waals surface area contributed by atoms with Crippen LogP contribution in [0.4, 0.5) is 0 Å². The summed E-state index contributed by atoms with van der Waals surface area (Å²) in [6.07, 6.45) is 2.40. The average Bonchev–Trinajstić information content (AvgIpc) is 2.25. The third kappa shape index (κ3) is 2.76. The second kappa shape index (κ2) is 5.48. The molecular formula is C13H27NO2. The van der Waals surface area contributed by atoms with Crippen molar-refractivity contribution in [1.29, 1.82) is 0 Å². The van der Waals surface area contributed by atoms with Crippen LogP contribution in [-0.2, 0) is 0 Å². The first-order chi connectivity index (χ1) is 7.43. The molecule has 1 fully saturated rings. The molecule has 1 aliphatic rings. The van der Waals surface area contributed by atoms with Crippen LogP contribution >= 0.6 is 0 Å². The predicted octanol–water partition coefficient (Wildman–Crippen LogP) is 1.53. The number of nitrogens with one attached hydrogen (secondary N) is 1. The standard InChI is InChI=1S/C13H27NO2/c1-5-9(6-2)10(15)8-14-11-7-12(16)13(11,3)4/h9-12,14-16H,5-8H2,1-4H3. The minimum absolute atomic E-state index is 0.0480. The van der Waals surface area contributed by atoms with E-state index in [9.17, 15) is 10.2 Å². The van der Waals surface area contributed by atoms with E-state index in [4.69, 9.17) is 0 Å².